The van der Waals surface area contributed by atoms with Crippen LogP contribution < -0.4 is 5.32 Å². The maximum atomic E-state index is 12.8. The Morgan fingerprint density at radius 2 is 1.92 bits per heavy atom. The predicted octanol–water partition coefficient (Wildman–Crippen LogP) is 3.66. The first kappa shape index (κ1) is 17.9. The van der Waals surface area contributed by atoms with Gasteiger partial charge in [-0.15, -0.1) is 0 Å². The molecule has 0 saturated carbocycles. The van der Waals surface area contributed by atoms with Crippen LogP contribution >= 0.6 is 0 Å². The molecule has 5 nitrogen and oxygen atoms in total. The van der Waals surface area contributed by atoms with E-state index in [4.69, 9.17) is 0 Å². The van der Waals surface area contributed by atoms with Crippen molar-refractivity contribution in [3.8, 4) is 0 Å². The van der Waals surface area contributed by atoms with E-state index in [1.165, 1.54) is 0 Å². The van der Waals surface area contributed by atoms with Gasteiger partial charge in [-0.1, -0.05) is 43.7 Å². The van der Waals surface area contributed by atoms with Crippen LogP contribution in [0.3, 0.4) is 0 Å². The van der Waals surface area contributed by atoms with Gasteiger partial charge >= 0.3 is 0 Å². The molecular weight excluding hydrogens is 300 g/mol. The van der Waals surface area contributed by atoms with Crippen molar-refractivity contribution in [1.29, 1.82) is 0 Å². The molecule has 0 unspecified atom stereocenters. The number of nitrogens with zero attached hydrogens (tertiary/aromatic N) is 3. The molecule has 0 radical (unpaired) electrons. The number of nitrogens with one attached hydrogen (secondary N) is 1. The lowest BCUT2D eigenvalue weighted by Gasteiger charge is -2.21. The molecule has 2 rings (SSSR count). The molecule has 1 heterocycles. The van der Waals surface area contributed by atoms with Crippen molar-refractivity contribution in [2.45, 2.75) is 40.2 Å². The van der Waals surface area contributed by atoms with Gasteiger partial charge in [0.15, 0.2) is 0 Å². The summed E-state index contributed by atoms with van der Waals surface area (Å²) >= 11 is 0. The molecule has 0 fully saturated rings. The van der Waals surface area contributed by atoms with Crippen LogP contribution in [0, 0.1) is 6.92 Å². The van der Waals surface area contributed by atoms with Gasteiger partial charge in [0, 0.05) is 25.3 Å². The molecule has 5 heteroatoms. The van der Waals surface area contributed by atoms with E-state index in [-0.39, 0.29) is 5.91 Å². The number of unbranched alkanes of at least 4 members (excludes halogenated alkanes) is 1. The largest absolute Gasteiger partial charge is 0.354 e. The van der Waals surface area contributed by atoms with Crippen molar-refractivity contribution in [3.63, 3.8) is 0 Å². The molecule has 1 aromatic carbocycles. The Kier molecular flexibility index (Phi) is 6.73. The number of hydrogen-bond donors (Lipinski definition) is 1. The average Bonchev–Trinajstić information content (AvgIpc) is 2.60. The van der Waals surface area contributed by atoms with Crippen molar-refractivity contribution in [2.24, 2.45) is 0 Å². The second-order valence-corrected chi connectivity index (χ2v) is 5.80. The minimum Gasteiger partial charge on any atom is -0.354 e. The van der Waals surface area contributed by atoms with E-state index in [1.807, 2.05) is 44.2 Å². The van der Waals surface area contributed by atoms with E-state index in [0.717, 1.165) is 30.6 Å². The number of amides is 1. The standard InChI is InChI=1S/C19H26N4O/c1-4-6-12-20-19-21-15(3)13-17(22-19)18(24)23(5-2)14-16-10-8-7-9-11-16/h7-11,13H,4-6,12,14H2,1-3H3,(H,20,21,22). The number of benzene rings is 1. The second-order valence-electron chi connectivity index (χ2n) is 5.80. The van der Waals surface area contributed by atoms with Crippen molar-refractivity contribution in [1.82, 2.24) is 14.9 Å². The molecular formula is C19H26N4O. The smallest absolute Gasteiger partial charge is 0.272 e. The number of carbonyl (C=O) groups is 1. The quantitative estimate of drug-likeness (QED) is 0.752. The summed E-state index contributed by atoms with van der Waals surface area (Å²) < 4.78 is 0. The van der Waals surface area contributed by atoms with Crippen LogP contribution in [-0.4, -0.2) is 33.9 Å². The minimum atomic E-state index is -0.0644. The van der Waals surface area contributed by atoms with Gasteiger partial charge in [0.25, 0.3) is 5.91 Å². The van der Waals surface area contributed by atoms with E-state index in [0.29, 0.717) is 24.7 Å². The number of carbonyl (C=O) groups excluding carboxylic acids is 1. The number of rotatable bonds is 8. The summed E-state index contributed by atoms with van der Waals surface area (Å²) in [6.07, 6.45) is 2.15. The summed E-state index contributed by atoms with van der Waals surface area (Å²) in [5.41, 5.74) is 2.35. The van der Waals surface area contributed by atoms with Crippen LogP contribution in [0.2, 0.25) is 0 Å². The highest BCUT2D eigenvalue weighted by atomic mass is 16.2. The predicted molar refractivity (Wildman–Crippen MR) is 97.0 cm³/mol. The molecule has 2 aromatic rings. The first-order valence-corrected chi connectivity index (χ1v) is 8.56. The van der Waals surface area contributed by atoms with Gasteiger partial charge < -0.3 is 10.2 Å². The lowest BCUT2D eigenvalue weighted by molar-refractivity contribution is 0.0746. The Bertz CT molecular complexity index is 658. The van der Waals surface area contributed by atoms with E-state index in [1.54, 1.807) is 11.0 Å². The monoisotopic (exact) mass is 326 g/mol. The normalized spacial score (nSPS) is 10.5. The van der Waals surface area contributed by atoms with Crippen molar-refractivity contribution in [2.75, 3.05) is 18.4 Å². The third kappa shape index (κ3) is 5.05. The second kappa shape index (κ2) is 9.01. The summed E-state index contributed by atoms with van der Waals surface area (Å²) in [7, 11) is 0. The van der Waals surface area contributed by atoms with Crippen molar-refractivity contribution in [3.05, 3.63) is 53.3 Å². The lowest BCUT2D eigenvalue weighted by atomic mass is 10.2. The van der Waals surface area contributed by atoms with Crippen LogP contribution in [-0.2, 0) is 6.54 Å². The maximum absolute atomic E-state index is 12.8. The molecule has 1 N–H and O–H groups in total. The fourth-order valence-corrected chi connectivity index (χ4v) is 2.43. The first-order chi connectivity index (χ1) is 11.6. The van der Waals surface area contributed by atoms with E-state index in [2.05, 4.69) is 22.2 Å². The fraction of sp³-hybridized carbons (Fsp3) is 0.421. The van der Waals surface area contributed by atoms with Gasteiger partial charge in [0.1, 0.15) is 5.69 Å². The van der Waals surface area contributed by atoms with Crippen molar-refractivity contribution >= 4 is 11.9 Å². The topological polar surface area (TPSA) is 58.1 Å². The fourth-order valence-electron chi connectivity index (χ4n) is 2.43. The molecule has 128 valence electrons. The Balaban J connectivity index is 2.14. The Labute approximate surface area is 144 Å². The minimum absolute atomic E-state index is 0.0644. The first-order valence-electron chi connectivity index (χ1n) is 8.56. The summed E-state index contributed by atoms with van der Waals surface area (Å²) in [6.45, 7) is 8.03. The number of aryl methyl sites for hydroxylation is 1. The summed E-state index contributed by atoms with van der Waals surface area (Å²) in [6, 6.07) is 11.7. The van der Waals surface area contributed by atoms with Gasteiger partial charge in [-0.3, -0.25) is 4.79 Å². The van der Waals surface area contributed by atoms with Gasteiger partial charge in [0.05, 0.1) is 0 Å². The molecule has 0 saturated heterocycles. The van der Waals surface area contributed by atoms with Gasteiger partial charge in [0.2, 0.25) is 5.95 Å². The Hall–Kier alpha value is -2.43. The van der Waals surface area contributed by atoms with Gasteiger partial charge in [-0.25, -0.2) is 9.97 Å². The van der Waals surface area contributed by atoms with Crippen LogP contribution in [0.25, 0.3) is 0 Å². The molecule has 0 spiro atoms. The van der Waals surface area contributed by atoms with Crippen LogP contribution in [0.15, 0.2) is 36.4 Å². The third-order valence-electron chi connectivity index (χ3n) is 3.77. The highest BCUT2D eigenvalue weighted by molar-refractivity contribution is 5.92. The SMILES string of the molecule is CCCCNc1nc(C)cc(C(=O)N(CC)Cc2ccccc2)n1. The number of anilines is 1. The number of aromatic nitrogens is 2. The highest BCUT2D eigenvalue weighted by Gasteiger charge is 2.17. The Morgan fingerprint density at radius 1 is 1.17 bits per heavy atom. The number of hydrogen-bond acceptors (Lipinski definition) is 4. The van der Waals surface area contributed by atoms with E-state index >= 15 is 0 Å². The zero-order chi connectivity index (χ0) is 17.4. The molecule has 1 amide bonds. The van der Waals surface area contributed by atoms with Crippen LogP contribution in [0.5, 0.6) is 0 Å². The molecule has 0 aliphatic rings. The molecule has 1 aromatic heterocycles. The van der Waals surface area contributed by atoms with Gasteiger partial charge in [-0.2, -0.15) is 0 Å². The molecule has 24 heavy (non-hydrogen) atoms. The van der Waals surface area contributed by atoms with Crippen LogP contribution in [0.4, 0.5) is 5.95 Å². The molecule has 0 atom stereocenters. The zero-order valence-corrected chi connectivity index (χ0v) is 14.7. The lowest BCUT2D eigenvalue weighted by Crippen LogP contribution is -2.31. The molecule has 0 aliphatic carbocycles. The van der Waals surface area contributed by atoms with E-state index in [9.17, 15) is 4.79 Å². The summed E-state index contributed by atoms with van der Waals surface area (Å²) in [5.74, 6) is 0.466. The zero-order valence-electron chi connectivity index (χ0n) is 14.7. The molecule has 0 bridgehead atoms. The van der Waals surface area contributed by atoms with Crippen LogP contribution in [0.1, 0.15) is 48.4 Å². The van der Waals surface area contributed by atoms with Crippen molar-refractivity contribution < 1.29 is 4.79 Å². The highest BCUT2D eigenvalue weighted by Crippen LogP contribution is 2.11. The Morgan fingerprint density at radius 3 is 2.58 bits per heavy atom. The summed E-state index contributed by atoms with van der Waals surface area (Å²) in [4.78, 5) is 23.4. The van der Waals surface area contributed by atoms with E-state index < -0.39 is 0 Å². The third-order valence-corrected chi connectivity index (χ3v) is 3.77. The average molecular weight is 326 g/mol. The maximum Gasteiger partial charge on any atom is 0.272 e. The summed E-state index contributed by atoms with van der Waals surface area (Å²) in [5, 5.41) is 3.20. The molecule has 0 aliphatic heterocycles. The van der Waals surface area contributed by atoms with Gasteiger partial charge in [-0.05, 0) is 31.9 Å².